The number of alkyl carbamates (subject to hydrolysis) is 1. The average Bonchev–Trinajstić information content (AvgIpc) is 3.39. The largest absolute Gasteiger partial charge is 0.467 e. The van der Waals surface area contributed by atoms with Crippen molar-refractivity contribution in [1.82, 2.24) is 15.5 Å². The predicted molar refractivity (Wildman–Crippen MR) is 138 cm³/mol. The van der Waals surface area contributed by atoms with Gasteiger partial charge in [-0.1, -0.05) is 19.1 Å². The summed E-state index contributed by atoms with van der Waals surface area (Å²) in [6, 6.07) is -1.95. The second kappa shape index (κ2) is 12.6. The molecular weight excluding hydrogens is 478 g/mol. The molecule has 10 heteroatoms. The summed E-state index contributed by atoms with van der Waals surface area (Å²) in [4.78, 5) is 53.2. The van der Waals surface area contributed by atoms with Crippen LogP contribution in [0.1, 0.15) is 66.2 Å². The number of hydrogen-bond donors (Lipinski definition) is 3. The molecule has 0 radical (unpaired) electrons. The van der Waals surface area contributed by atoms with Gasteiger partial charge in [-0.05, 0) is 58.8 Å². The molecule has 0 aromatic carbocycles. The Morgan fingerprint density at radius 3 is 2.41 bits per heavy atom. The second-order valence-electron chi connectivity index (χ2n) is 11.1. The molecule has 6 atom stereocenters. The van der Waals surface area contributed by atoms with Gasteiger partial charge in [-0.15, -0.1) is 13.2 Å². The van der Waals surface area contributed by atoms with E-state index in [9.17, 15) is 24.3 Å². The summed E-state index contributed by atoms with van der Waals surface area (Å²) in [5.74, 6) is -1.63. The van der Waals surface area contributed by atoms with E-state index in [0.29, 0.717) is 19.3 Å². The molecule has 0 aromatic heterocycles. The molecular formula is C27H43N3O7. The van der Waals surface area contributed by atoms with Crippen LogP contribution < -0.4 is 10.6 Å². The van der Waals surface area contributed by atoms with Crippen molar-refractivity contribution in [2.75, 3.05) is 13.7 Å². The van der Waals surface area contributed by atoms with Crippen molar-refractivity contribution < 1.29 is 33.8 Å². The first-order chi connectivity index (χ1) is 17.3. The number of aliphatic hydroxyl groups is 1. The predicted octanol–water partition coefficient (Wildman–Crippen LogP) is 2.46. The highest BCUT2D eigenvalue weighted by molar-refractivity contribution is 5.96. The first-order valence-corrected chi connectivity index (χ1v) is 12.9. The number of aliphatic hydroxyl groups excluding tert-OH is 1. The molecule has 208 valence electrons. The maximum absolute atomic E-state index is 13.7. The van der Waals surface area contributed by atoms with Gasteiger partial charge in [0, 0.05) is 18.9 Å². The van der Waals surface area contributed by atoms with Gasteiger partial charge in [-0.2, -0.15) is 0 Å². The second-order valence-corrected chi connectivity index (χ2v) is 11.1. The maximum Gasteiger partial charge on any atom is 0.408 e. The molecule has 1 unspecified atom stereocenters. The number of nitrogens with zero attached hydrogens (tertiary/aromatic N) is 1. The fourth-order valence-electron chi connectivity index (χ4n) is 4.70. The number of carbonyl (C=O) groups excluding carboxylic acids is 4. The average molecular weight is 522 g/mol. The Hall–Kier alpha value is -2.88. The van der Waals surface area contributed by atoms with Crippen LogP contribution in [0.3, 0.4) is 0 Å². The summed E-state index contributed by atoms with van der Waals surface area (Å²) in [5, 5.41) is 15.8. The van der Waals surface area contributed by atoms with Crippen molar-refractivity contribution in [3.8, 4) is 0 Å². The number of hydrogen-bond acceptors (Lipinski definition) is 7. The summed E-state index contributed by atoms with van der Waals surface area (Å²) < 4.78 is 10.2. The van der Waals surface area contributed by atoms with E-state index in [1.54, 1.807) is 26.8 Å². The summed E-state index contributed by atoms with van der Waals surface area (Å²) in [6.07, 6.45) is 4.85. The van der Waals surface area contributed by atoms with E-state index in [2.05, 4.69) is 30.7 Å². The number of rotatable bonds is 12. The zero-order chi connectivity index (χ0) is 28.0. The maximum atomic E-state index is 13.7. The van der Waals surface area contributed by atoms with Gasteiger partial charge in [0.25, 0.3) is 0 Å². The SMILES string of the molecule is C=CCC[C@@H](C)CC[C@H](NC(=O)OC(C)(C)C)C(=O)N1C[C@@H](O)C[C@H]1C(=O)N[C@]1(C(=O)OC)CC1C=C. The van der Waals surface area contributed by atoms with Gasteiger partial charge in [0.15, 0.2) is 0 Å². The highest BCUT2D eigenvalue weighted by Gasteiger charge is 2.61. The van der Waals surface area contributed by atoms with E-state index in [4.69, 9.17) is 9.47 Å². The fourth-order valence-corrected chi connectivity index (χ4v) is 4.70. The Balaban J connectivity index is 2.20. The minimum absolute atomic E-state index is 0.0163. The van der Waals surface area contributed by atoms with Crippen molar-refractivity contribution in [2.45, 2.75) is 95.5 Å². The van der Waals surface area contributed by atoms with Crippen molar-refractivity contribution in [3.05, 3.63) is 25.3 Å². The Labute approximate surface area is 219 Å². The van der Waals surface area contributed by atoms with Crippen LogP contribution in [0.5, 0.6) is 0 Å². The number of nitrogens with one attached hydrogen (secondary N) is 2. The molecule has 37 heavy (non-hydrogen) atoms. The Morgan fingerprint density at radius 2 is 1.86 bits per heavy atom. The number of allylic oxidation sites excluding steroid dienone is 1. The Bertz CT molecular complexity index is 884. The zero-order valence-corrected chi connectivity index (χ0v) is 22.7. The van der Waals surface area contributed by atoms with Gasteiger partial charge in [-0.25, -0.2) is 9.59 Å². The van der Waals surface area contributed by atoms with Crippen LogP contribution in [0.2, 0.25) is 0 Å². The monoisotopic (exact) mass is 521 g/mol. The van der Waals surface area contributed by atoms with Gasteiger partial charge < -0.3 is 30.1 Å². The van der Waals surface area contributed by atoms with Gasteiger partial charge in [0.05, 0.1) is 13.2 Å². The molecule has 3 N–H and O–H groups in total. The van der Waals surface area contributed by atoms with Gasteiger partial charge >= 0.3 is 12.1 Å². The van der Waals surface area contributed by atoms with Crippen LogP contribution in [0.15, 0.2) is 25.3 Å². The molecule has 3 amide bonds. The topological polar surface area (TPSA) is 134 Å². The summed E-state index contributed by atoms with van der Waals surface area (Å²) in [7, 11) is 1.24. The molecule has 2 rings (SSSR count). The number of ether oxygens (including phenoxy) is 2. The highest BCUT2D eigenvalue weighted by atomic mass is 16.6. The lowest BCUT2D eigenvalue weighted by molar-refractivity contribution is -0.148. The van der Waals surface area contributed by atoms with E-state index in [1.165, 1.54) is 12.0 Å². The Kier molecular flexibility index (Phi) is 10.3. The van der Waals surface area contributed by atoms with E-state index < -0.39 is 53.2 Å². The van der Waals surface area contributed by atoms with Crippen molar-refractivity contribution in [3.63, 3.8) is 0 Å². The van der Waals surface area contributed by atoms with Crippen LogP contribution in [0.4, 0.5) is 4.79 Å². The van der Waals surface area contributed by atoms with Crippen LogP contribution in [-0.4, -0.2) is 76.9 Å². The number of amides is 3. The smallest absolute Gasteiger partial charge is 0.408 e. The number of β-amino-alcohol motifs (C(OH)–C–C–N with tert-alkyl or cyclic N) is 1. The first-order valence-electron chi connectivity index (χ1n) is 12.9. The summed E-state index contributed by atoms with van der Waals surface area (Å²) >= 11 is 0. The quantitative estimate of drug-likeness (QED) is 0.265. The van der Waals surface area contributed by atoms with Crippen LogP contribution in [0, 0.1) is 11.8 Å². The lowest BCUT2D eigenvalue weighted by Gasteiger charge is -2.30. The molecule has 1 aliphatic heterocycles. The van der Waals surface area contributed by atoms with Crippen molar-refractivity contribution >= 4 is 23.9 Å². The van der Waals surface area contributed by atoms with Crippen LogP contribution in [-0.2, 0) is 23.9 Å². The molecule has 0 spiro atoms. The van der Waals surface area contributed by atoms with Gasteiger partial charge in [0.1, 0.15) is 23.2 Å². The minimum Gasteiger partial charge on any atom is -0.467 e. The molecule has 1 saturated heterocycles. The summed E-state index contributed by atoms with van der Waals surface area (Å²) in [6.45, 7) is 14.6. The number of carbonyl (C=O) groups is 4. The van der Waals surface area contributed by atoms with Gasteiger partial charge in [-0.3, -0.25) is 9.59 Å². The molecule has 0 bridgehead atoms. The number of likely N-dealkylation sites (tertiary alicyclic amines) is 1. The number of methoxy groups -OCH3 is 1. The van der Waals surface area contributed by atoms with E-state index >= 15 is 0 Å². The van der Waals surface area contributed by atoms with Crippen molar-refractivity contribution in [2.24, 2.45) is 11.8 Å². The molecule has 1 saturated carbocycles. The van der Waals surface area contributed by atoms with Crippen molar-refractivity contribution in [1.29, 1.82) is 0 Å². The van der Waals surface area contributed by atoms with Crippen LogP contribution in [0.25, 0.3) is 0 Å². The third-order valence-corrected chi connectivity index (χ3v) is 6.86. The normalized spacial score (nSPS) is 26.4. The van der Waals surface area contributed by atoms with E-state index in [-0.39, 0.29) is 24.8 Å². The lowest BCUT2D eigenvalue weighted by Crippen LogP contribution is -2.56. The Morgan fingerprint density at radius 1 is 1.19 bits per heavy atom. The zero-order valence-electron chi connectivity index (χ0n) is 22.7. The van der Waals surface area contributed by atoms with E-state index in [0.717, 1.165) is 12.8 Å². The molecule has 2 fully saturated rings. The third kappa shape index (κ3) is 8.05. The fraction of sp³-hybridized carbons (Fsp3) is 0.704. The number of esters is 1. The summed E-state index contributed by atoms with van der Waals surface area (Å²) in [5.41, 5.74) is -1.97. The third-order valence-electron chi connectivity index (χ3n) is 6.86. The van der Waals surface area contributed by atoms with E-state index in [1.807, 2.05) is 6.08 Å². The molecule has 0 aromatic rings. The first kappa shape index (κ1) is 30.3. The van der Waals surface area contributed by atoms with Gasteiger partial charge in [0.2, 0.25) is 11.8 Å². The molecule has 1 heterocycles. The lowest BCUT2D eigenvalue weighted by atomic mass is 9.96. The molecule has 2 aliphatic rings. The molecule has 10 nitrogen and oxygen atoms in total. The highest BCUT2D eigenvalue weighted by Crippen LogP contribution is 2.45. The van der Waals surface area contributed by atoms with Crippen LogP contribution >= 0.6 is 0 Å². The minimum atomic E-state index is -1.22. The standard InChI is InChI=1S/C27H43N3O7/c1-8-10-11-17(3)12-13-20(28-25(35)37-26(4,5)6)23(33)30-16-19(31)14-21(30)22(32)29-27(24(34)36-7)15-18(27)9-2/h8-9,17-21,31H,1-2,10-16H2,3-7H3,(H,28,35)(H,29,32)/t17-,18?,19+,20+,21+,27-/m1/s1. The molecule has 1 aliphatic carbocycles.